The zero-order valence-electron chi connectivity index (χ0n) is 13.3. The smallest absolute Gasteiger partial charge is 0.0461 e. The topological polar surface area (TPSA) is 29.3 Å². The zero-order valence-corrected chi connectivity index (χ0v) is 14.9. The lowest BCUT2D eigenvalue weighted by Gasteiger charge is -2.24. The Morgan fingerprint density at radius 3 is 2.05 bits per heavy atom. The molecule has 0 saturated heterocycles. The van der Waals surface area contributed by atoms with Gasteiger partial charge in [-0.1, -0.05) is 33.8 Å². The molecule has 0 atom stereocenters. The molecule has 0 aromatic heterocycles. The molecule has 0 saturated carbocycles. The number of rotatable bonds is 8. The molecule has 114 valence electrons. The average molecular weight is 341 g/mol. The lowest BCUT2D eigenvalue weighted by molar-refractivity contribution is 0.236. The second kappa shape index (κ2) is 8.68. The summed E-state index contributed by atoms with van der Waals surface area (Å²) in [5, 5.41) is 0. The Balaban J connectivity index is 2.63. The largest absolute Gasteiger partial charge is 0.398 e. The molecule has 2 N–H and O–H groups in total. The minimum absolute atomic E-state index is 0.756. The molecule has 0 aliphatic rings. The second-order valence-electron chi connectivity index (χ2n) is 6.50. The first-order valence-electron chi connectivity index (χ1n) is 7.64. The summed E-state index contributed by atoms with van der Waals surface area (Å²) in [5.41, 5.74) is 8.11. The van der Waals surface area contributed by atoms with Gasteiger partial charge in [-0.25, -0.2) is 0 Å². The summed E-state index contributed by atoms with van der Waals surface area (Å²) in [6, 6.07) is 6.30. The van der Waals surface area contributed by atoms with Crippen molar-refractivity contribution in [3.63, 3.8) is 0 Å². The van der Waals surface area contributed by atoms with E-state index in [1.54, 1.807) is 0 Å². The van der Waals surface area contributed by atoms with Crippen LogP contribution in [0.15, 0.2) is 22.7 Å². The molecule has 0 bridgehead atoms. The van der Waals surface area contributed by atoms with Crippen molar-refractivity contribution in [3.8, 4) is 0 Å². The maximum Gasteiger partial charge on any atom is 0.0461 e. The van der Waals surface area contributed by atoms with E-state index in [2.05, 4.69) is 60.7 Å². The first-order valence-corrected chi connectivity index (χ1v) is 8.44. The molecule has 1 rings (SSSR count). The van der Waals surface area contributed by atoms with Gasteiger partial charge < -0.3 is 5.73 Å². The van der Waals surface area contributed by atoms with Crippen LogP contribution < -0.4 is 5.73 Å². The van der Waals surface area contributed by atoms with E-state index in [0.717, 1.165) is 28.5 Å². The van der Waals surface area contributed by atoms with Crippen LogP contribution in [-0.2, 0) is 6.54 Å². The highest BCUT2D eigenvalue weighted by atomic mass is 79.9. The van der Waals surface area contributed by atoms with Gasteiger partial charge in [-0.15, -0.1) is 0 Å². The van der Waals surface area contributed by atoms with Crippen LogP contribution in [0.4, 0.5) is 5.69 Å². The predicted molar refractivity (Wildman–Crippen MR) is 92.7 cm³/mol. The van der Waals surface area contributed by atoms with E-state index < -0.39 is 0 Å². The molecule has 1 aromatic carbocycles. The van der Waals surface area contributed by atoms with Gasteiger partial charge in [0.2, 0.25) is 0 Å². The molecule has 0 aliphatic heterocycles. The van der Waals surface area contributed by atoms with Crippen molar-refractivity contribution in [2.75, 3.05) is 18.8 Å². The van der Waals surface area contributed by atoms with E-state index >= 15 is 0 Å². The highest BCUT2D eigenvalue weighted by molar-refractivity contribution is 9.10. The quantitative estimate of drug-likeness (QED) is 0.680. The van der Waals surface area contributed by atoms with Crippen molar-refractivity contribution in [3.05, 3.63) is 28.2 Å². The second-order valence-corrected chi connectivity index (χ2v) is 7.35. The summed E-state index contributed by atoms with van der Waals surface area (Å²) in [6.07, 6.45) is 2.51. The molecule has 0 spiro atoms. The van der Waals surface area contributed by atoms with Gasteiger partial charge in [0.15, 0.2) is 0 Å². The van der Waals surface area contributed by atoms with Gasteiger partial charge in [-0.2, -0.15) is 0 Å². The molecule has 2 nitrogen and oxygen atoms in total. The van der Waals surface area contributed by atoms with Crippen LogP contribution in [0.2, 0.25) is 0 Å². The lowest BCUT2D eigenvalue weighted by Crippen LogP contribution is -2.27. The van der Waals surface area contributed by atoms with E-state index in [1.165, 1.54) is 31.5 Å². The summed E-state index contributed by atoms with van der Waals surface area (Å²) in [5.74, 6) is 1.51. The van der Waals surface area contributed by atoms with Crippen molar-refractivity contribution >= 4 is 21.6 Å². The molecular weight excluding hydrogens is 312 g/mol. The average Bonchev–Trinajstić information content (AvgIpc) is 2.36. The minimum atomic E-state index is 0.756. The number of hydrogen-bond donors (Lipinski definition) is 1. The third-order valence-electron chi connectivity index (χ3n) is 3.51. The van der Waals surface area contributed by atoms with Crippen LogP contribution in [0.5, 0.6) is 0 Å². The van der Waals surface area contributed by atoms with Crippen molar-refractivity contribution in [2.24, 2.45) is 11.8 Å². The number of nitrogen functional groups attached to an aromatic ring is 1. The Kier molecular flexibility index (Phi) is 7.60. The van der Waals surface area contributed by atoms with Gasteiger partial charge in [-0.3, -0.25) is 4.90 Å². The highest BCUT2D eigenvalue weighted by Crippen LogP contribution is 2.21. The van der Waals surface area contributed by atoms with Gasteiger partial charge in [0.25, 0.3) is 0 Å². The molecule has 0 fully saturated rings. The molecule has 0 aliphatic carbocycles. The molecule has 3 heteroatoms. The highest BCUT2D eigenvalue weighted by Gasteiger charge is 2.09. The van der Waals surface area contributed by atoms with Crippen LogP contribution in [-0.4, -0.2) is 18.0 Å². The Morgan fingerprint density at radius 2 is 1.60 bits per heavy atom. The van der Waals surface area contributed by atoms with Crippen molar-refractivity contribution in [1.29, 1.82) is 0 Å². The molecule has 0 radical (unpaired) electrons. The summed E-state index contributed by atoms with van der Waals surface area (Å²) in [7, 11) is 0. The van der Waals surface area contributed by atoms with Crippen LogP contribution >= 0.6 is 15.9 Å². The number of nitrogens with zero attached hydrogens (tertiary/aromatic N) is 1. The number of anilines is 1. The van der Waals surface area contributed by atoms with Crippen molar-refractivity contribution in [1.82, 2.24) is 4.90 Å². The van der Waals surface area contributed by atoms with Crippen LogP contribution in [0.1, 0.15) is 46.1 Å². The Labute approximate surface area is 132 Å². The maximum atomic E-state index is 5.98. The van der Waals surface area contributed by atoms with Gasteiger partial charge in [0.1, 0.15) is 0 Å². The van der Waals surface area contributed by atoms with Crippen LogP contribution in [0.3, 0.4) is 0 Å². The molecule has 0 heterocycles. The minimum Gasteiger partial charge on any atom is -0.398 e. The molecule has 1 aromatic rings. The fourth-order valence-electron chi connectivity index (χ4n) is 2.10. The molecule has 0 amide bonds. The van der Waals surface area contributed by atoms with E-state index in [0.29, 0.717) is 0 Å². The monoisotopic (exact) mass is 340 g/mol. The lowest BCUT2D eigenvalue weighted by atomic mass is 10.1. The molecular formula is C17H29BrN2. The normalized spacial score (nSPS) is 11.8. The number of halogens is 1. The zero-order chi connectivity index (χ0) is 15.1. The molecule has 20 heavy (non-hydrogen) atoms. The molecule has 0 unspecified atom stereocenters. The third-order valence-corrected chi connectivity index (χ3v) is 4.23. The van der Waals surface area contributed by atoms with Crippen molar-refractivity contribution < 1.29 is 0 Å². The van der Waals surface area contributed by atoms with Gasteiger partial charge in [-0.05, 0) is 71.4 Å². The van der Waals surface area contributed by atoms with Gasteiger partial charge in [0, 0.05) is 16.7 Å². The fourth-order valence-corrected chi connectivity index (χ4v) is 2.35. The Morgan fingerprint density at radius 1 is 1.05 bits per heavy atom. The van der Waals surface area contributed by atoms with Crippen LogP contribution in [0, 0.1) is 11.8 Å². The Bertz CT molecular complexity index is 390. The van der Waals surface area contributed by atoms with E-state index in [-0.39, 0.29) is 0 Å². The first-order chi connectivity index (χ1) is 9.38. The van der Waals surface area contributed by atoms with E-state index in [4.69, 9.17) is 5.73 Å². The number of benzene rings is 1. The maximum absolute atomic E-state index is 5.98. The Hall–Kier alpha value is -0.540. The summed E-state index contributed by atoms with van der Waals surface area (Å²) >= 11 is 3.46. The van der Waals surface area contributed by atoms with Gasteiger partial charge >= 0.3 is 0 Å². The fraction of sp³-hybridized carbons (Fsp3) is 0.647. The summed E-state index contributed by atoms with van der Waals surface area (Å²) < 4.78 is 0.983. The predicted octanol–water partition coefficient (Wildman–Crippen LogP) is 4.93. The first kappa shape index (κ1) is 17.5. The standard InChI is InChI=1S/C17H29BrN2/c1-13(2)7-9-20(10-8-14(3)4)12-15-5-6-16(18)17(19)11-15/h5-6,11,13-14H,7-10,12,19H2,1-4H3. The third kappa shape index (κ3) is 6.76. The summed E-state index contributed by atoms with van der Waals surface area (Å²) in [6.45, 7) is 12.5. The van der Waals surface area contributed by atoms with Crippen molar-refractivity contribution in [2.45, 2.75) is 47.1 Å². The van der Waals surface area contributed by atoms with E-state index in [1.807, 2.05) is 6.07 Å². The summed E-state index contributed by atoms with van der Waals surface area (Å²) in [4.78, 5) is 2.56. The SMILES string of the molecule is CC(C)CCN(CCC(C)C)Cc1ccc(Br)c(N)c1. The van der Waals surface area contributed by atoms with Crippen LogP contribution in [0.25, 0.3) is 0 Å². The number of hydrogen-bond acceptors (Lipinski definition) is 2. The number of nitrogens with two attached hydrogens (primary N) is 1. The van der Waals surface area contributed by atoms with E-state index in [9.17, 15) is 0 Å². The van der Waals surface area contributed by atoms with Gasteiger partial charge in [0.05, 0.1) is 0 Å².